The van der Waals surface area contributed by atoms with Gasteiger partial charge in [-0.1, -0.05) is 6.07 Å². The largest absolute Gasteiger partial charge is 0.416 e. The summed E-state index contributed by atoms with van der Waals surface area (Å²) in [7, 11) is 0. The van der Waals surface area contributed by atoms with E-state index in [1.807, 2.05) is 0 Å². The third-order valence-electron chi connectivity index (χ3n) is 3.19. The molecular formula is C13H11F5N2S. The second kappa shape index (κ2) is 5.81. The predicted octanol–water partition coefficient (Wildman–Crippen LogP) is 4.12. The fraction of sp³-hybridized carbons (Fsp3) is 0.462. The van der Waals surface area contributed by atoms with Gasteiger partial charge in [0.15, 0.2) is 0 Å². The van der Waals surface area contributed by atoms with Crippen molar-refractivity contribution in [2.45, 2.75) is 30.0 Å². The maximum atomic E-state index is 13.1. The van der Waals surface area contributed by atoms with Crippen LogP contribution in [-0.2, 0) is 12.7 Å². The van der Waals surface area contributed by atoms with E-state index in [1.54, 1.807) is 5.40 Å². The molecule has 0 N–H and O–H groups in total. The monoisotopic (exact) mass is 322 g/mol. The molecule has 1 fully saturated rings. The Hall–Kier alpha value is -1.33. The van der Waals surface area contributed by atoms with Gasteiger partial charge in [-0.2, -0.15) is 18.4 Å². The minimum Gasteiger partial charge on any atom is -0.293 e. The van der Waals surface area contributed by atoms with Crippen molar-refractivity contribution in [1.82, 2.24) is 4.90 Å². The lowest BCUT2D eigenvalue weighted by atomic mass is 10.1. The molecule has 0 radical (unpaired) electrons. The number of alkyl halides is 5. The molecule has 0 aromatic heterocycles. The normalized spacial score (nSPS) is 18.7. The fourth-order valence-electron chi connectivity index (χ4n) is 2.26. The molecule has 1 aliphatic rings. The maximum absolute atomic E-state index is 13.1. The Morgan fingerprint density at radius 3 is 2.57 bits per heavy atom. The lowest BCUT2D eigenvalue weighted by Crippen LogP contribution is -2.26. The molecule has 2 rings (SSSR count). The molecule has 0 bridgehead atoms. The van der Waals surface area contributed by atoms with Crippen LogP contribution in [-0.4, -0.2) is 23.9 Å². The Morgan fingerprint density at radius 1 is 1.33 bits per heavy atom. The summed E-state index contributed by atoms with van der Waals surface area (Å²) >= 11 is 0.629. The molecule has 0 aliphatic carbocycles. The van der Waals surface area contributed by atoms with Crippen LogP contribution in [0, 0.1) is 10.7 Å². The van der Waals surface area contributed by atoms with Crippen molar-refractivity contribution in [3.05, 3.63) is 29.3 Å². The highest BCUT2D eigenvalue weighted by Crippen LogP contribution is 2.36. The Balaban J connectivity index is 2.25. The molecule has 0 amide bonds. The summed E-state index contributed by atoms with van der Waals surface area (Å²) in [4.78, 5) is 1.49. The number of thioether (sulfide) groups is 1. The zero-order valence-corrected chi connectivity index (χ0v) is 11.6. The van der Waals surface area contributed by atoms with Gasteiger partial charge in [0, 0.05) is 24.4 Å². The summed E-state index contributed by atoms with van der Waals surface area (Å²) in [5, 5.41) is 10.2. The quantitative estimate of drug-likeness (QED) is 0.476. The Morgan fingerprint density at radius 2 is 2.05 bits per heavy atom. The number of benzene rings is 1. The van der Waals surface area contributed by atoms with Crippen LogP contribution in [0.3, 0.4) is 0 Å². The van der Waals surface area contributed by atoms with Gasteiger partial charge in [-0.3, -0.25) is 4.90 Å². The first-order valence-corrected chi connectivity index (χ1v) is 6.89. The van der Waals surface area contributed by atoms with Gasteiger partial charge in [-0.15, -0.1) is 0 Å². The number of likely N-dealkylation sites (tertiary alicyclic amines) is 1. The summed E-state index contributed by atoms with van der Waals surface area (Å²) in [5.41, 5.74) is -0.930. The van der Waals surface area contributed by atoms with Crippen molar-refractivity contribution < 1.29 is 22.0 Å². The summed E-state index contributed by atoms with van der Waals surface area (Å²) in [6, 6.07) is 3.53. The first-order chi connectivity index (χ1) is 9.71. The van der Waals surface area contributed by atoms with E-state index in [-0.39, 0.29) is 30.0 Å². The van der Waals surface area contributed by atoms with E-state index in [0.29, 0.717) is 11.8 Å². The smallest absolute Gasteiger partial charge is 0.293 e. The molecule has 0 unspecified atom stereocenters. The average Bonchev–Trinajstić information content (AvgIpc) is 2.70. The number of halogens is 5. The van der Waals surface area contributed by atoms with Crippen LogP contribution in [0.15, 0.2) is 23.1 Å². The molecule has 2 nitrogen and oxygen atoms in total. The van der Waals surface area contributed by atoms with Crippen molar-refractivity contribution in [1.29, 1.82) is 5.26 Å². The van der Waals surface area contributed by atoms with Crippen molar-refractivity contribution >= 4 is 11.8 Å². The first-order valence-electron chi connectivity index (χ1n) is 6.07. The van der Waals surface area contributed by atoms with Crippen molar-refractivity contribution in [3.8, 4) is 5.40 Å². The number of nitrogens with zero attached hydrogens (tertiary/aromatic N) is 2. The molecule has 114 valence electrons. The van der Waals surface area contributed by atoms with Gasteiger partial charge in [0.2, 0.25) is 0 Å². The van der Waals surface area contributed by atoms with E-state index < -0.39 is 24.2 Å². The molecule has 1 aromatic carbocycles. The molecule has 0 atom stereocenters. The van der Waals surface area contributed by atoms with E-state index >= 15 is 0 Å². The molecule has 1 aromatic rings. The van der Waals surface area contributed by atoms with Crippen LogP contribution in [0.4, 0.5) is 22.0 Å². The molecule has 8 heteroatoms. The first kappa shape index (κ1) is 16.0. The summed E-state index contributed by atoms with van der Waals surface area (Å²) < 4.78 is 65.3. The Bertz CT molecular complexity index is 565. The minimum absolute atomic E-state index is 0.0533. The molecule has 1 aliphatic heterocycles. The number of thiocyanates is 1. The number of hydrogen-bond acceptors (Lipinski definition) is 3. The zero-order valence-electron chi connectivity index (χ0n) is 10.8. The highest BCUT2D eigenvalue weighted by atomic mass is 32.2. The van der Waals surface area contributed by atoms with Crippen LogP contribution in [0.2, 0.25) is 0 Å². The molecule has 0 saturated carbocycles. The fourth-order valence-corrected chi connectivity index (χ4v) is 2.67. The van der Waals surface area contributed by atoms with Crippen LogP contribution in [0.25, 0.3) is 0 Å². The van der Waals surface area contributed by atoms with Gasteiger partial charge in [0.25, 0.3) is 5.92 Å². The summed E-state index contributed by atoms with van der Waals surface area (Å²) in [6.07, 6.45) is -4.92. The van der Waals surface area contributed by atoms with Crippen LogP contribution in [0.1, 0.15) is 17.5 Å². The minimum atomic E-state index is -4.58. The van der Waals surface area contributed by atoms with Gasteiger partial charge < -0.3 is 0 Å². The SMILES string of the molecule is N#CSc1ccc(CN2CCC(F)(F)C2)c(C(F)(F)F)c1. The molecule has 0 spiro atoms. The third-order valence-corrected chi connectivity index (χ3v) is 3.77. The summed E-state index contributed by atoms with van der Waals surface area (Å²) in [5.74, 6) is -2.84. The van der Waals surface area contributed by atoms with Crippen molar-refractivity contribution in [2.24, 2.45) is 0 Å². The van der Waals surface area contributed by atoms with Crippen LogP contribution >= 0.6 is 11.8 Å². The van der Waals surface area contributed by atoms with E-state index in [4.69, 9.17) is 5.26 Å². The van der Waals surface area contributed by atoms with Crippen LogP contribution < -0.4 is 0 Å². The lowest BCUT2D eigenvalue weighted by Gasteiger charge is -2.19. The van der Waals surface area contributed by atoms with E-state index in [0.717, 1.165) is 6.07 Å². The topological polar surface area (TPSA) is 27.0 Å². The second-order valence-electron chi connectivity index (χ2n) is 4.83. The third kappa shape index (κ3) is 4.08. The highest BCUT2D eigenvalue weighted by molar-refractivity contribution is 8.03. The number of rotatable bonds is 3. The van der Waals surface area contributed by atoms with E-state index in [2.05, 4.69) is 0 Å². The molecular weight excluding hydrogens is 311 g/mol. The maximum Gasteiger partial charge on any atom is 0.416 e. The molecule has 21 heavy (non-hydrogen) atoms. The molecule has 1 saturated heterocycles. The Labute approximate surface area is 122 Å². The van der Waals surface area contributed by atoms with E-state index in [1.165, 1.54) is 17.0 Å². The van der Waals surface area contributed by atoms with Gasteiger partial charge in [-0.25, -0.2) is 8.78 Å². The lowest BCUT2D eigenvalue weighted by molar-refractivity contribution is -0.138. The van der Waals surface area contributed by atoms with E-state index in [9.17, 15) is 22.0 Å². The number of hydrogen-bond donors (Lipinski definition) is 0. The van der Waals surface area contributed by atoms with Gasteiger partial charge >= 0.3 is 6.18 Å². The Kier molecular flexibility index (Phi) is 4.44. The number of nitriles is 1. The van der Waals surface area contributed by atoms with Crippen molar-refractivity contribution in [3.63, 3.8) is 0 Å². The van der Waals surface area contributed by atoms with Gasteiger partial charge in [0.1, 0.15) is 5.40 Å². The highest BCUT2D eigenvalue weighted by Gasteiger charge is 2.39. The van der Waals surface area contributed by atoms with Crippen molar-refractivity contribution in [2.75, 3.05) is 13.1 Å². The zero-order chi connectivity index (χ0) is 15.7. The summed E-state index contributed by atoms with van der Waals surface area (Å²) in [6.45, 7) is -0.639. The van der Waals surface area contributed by atoms with Gasteiger partial charge in [-0.05, 0) is 29.5 Å². The average molecular weight is 322 g/mol. The second-order valence-corrected chi connectivity index (χ2v) is 5.68. The molecule has 1 heterocycles. The standard InChI is InChI=1S/C13H11F5N2S/c14-12(15)3-4-20(7-12)6-9-1-2-10(21-8-19)5-11(9)13(16,17)18/h1-2,5H,3-4,6-7H2. The van der Waals surface area contributed by atoms with Gasteiger partial charge in [0.05, 0.1) is 12.1 Å². The predicted molar refractivity (Wildman–Crippen MR) is 67.8 cm³/mol. The van der Waals surface area contributed by atoms with Crippen LogP contribution in [0.5, 0.6) is 0 Å².